The van der Waals surface area contributed by atoms with Crippen molar-refractivity contribution in [3.63, 3.8) is 0 Å². The van der Waals surface area contributed by atoms with Gasteiger partial charge in [0.05, 0.1) is 18.8 Å². The fraction of sp³-hybridized carbons (Fsp3) is 0.500. The molecule has 0 bridgehead atoms. The third-order valence-electron chi connectivity index (χ3n) is 6.32. The van der Waals surface area contributed by atoms with Crippen LogP contribution in [0.4, 0.5) is 0 Å². The number of aryl methyl sites for hydroxylation is 1. The summed E-state index contributed by atoms with van der Waals surface area (Å²) in [6.07, 6.45) is 1.11. The van der Waals surface area contributed by atoms with E-state index in [-0.39, 0.29) is 5.60 Å². The predicted molar refractivity (Wildman–Crippen MR) is 117 cm³/mol. The molecule has 1 saturated heterocycles. The summed E-state index contributed by atoms with van der Waals surface area (Å²) in [5, 5.41) is 22.0. The van der Waals surface area contributed by atoms with Crippen LogP contribution < -0.4 is 9.47 Å². The van der Waals surface area contributed by atoms with Gasteiger partial charge in [-0.05, 0) is 62.1 Å². The molecule has 30 heavy (non-hydrogen) atoms. The van der Waals surface area contributed by atoms with Crippen LogP contribution >= 0.6 is 11.6 Å². The van der Waals surface area contributed by atoms with E-state index in [1.165, 1.54) is 0 Å². The van der Waals surface area contributed by atoms with Crippen LogP contribution in [0.1, 0.15) is 55.1 Å². The summed E-state index contributed by atoms with van der Waals surface area (Å²) in [6.45, 7) is 6.76. The van der Waals surface area contributed by atoms with E-state index in [0.717, 1.165) is 54.1 Å². The van der Waals surface area contributed by atoms with Crippen molar-refractivity contribution in [2.75, 3.05) is 26.2 Å². The van der Waals surface area contributed by atoms with Gasteiger partial charge in [-0.25, -0.2) is 0 Å². The lowest BCUT2D eigenvalue weighted by Crippen LogP contribution is -2.51. The van der Waals surface area contributed by atoms with Crippen molar-refractivity contribution in [1.29, 1.82) is 0 Å². The van der Waals surface area contributed by atoms with E-state index in [2.05, 4.69) is 4.90 Å². The highest BCUT2D eigenvalue weighted by atomic mass is 35.5. The lowest BCUT2D eigenvalue weighted by molar-refractivity contribution is -0.0588. The van der Waals surface area contributed by atoms with Gasteiger partial charge in [0.1, 0.15) is 17.1 Å². The maximum Gasteiger partial charge on any atom is 0.126 e. The van der Waals surface area contributed by atoms with E-state index >= 15 is 0 Å². The van der Waals surface area contributed by atoms with Crippen LogP contribution in [0.15, 0.2) is 36.4 Å². The normalized spacial score (nSPS) is 21.7. The number of fused-ring (bicyclic) bond motifs is 1. The number of likely N-dealkylation sites (tertiary alicyclic amines) is 1. The molecule has 1 spiro atoms. The maximum absolute atomic E-state index is 10.7. The van der Waals surface area contributed by atoms with Gasteiger partial charge in [0.2, 0.25) is 0 Å². The van der Waals surface area contributed by atoms with E-state index in [9.17, 15) is 10.2 Å². The molecule has 0 aliphatic carbocycles. The molecule has 4 rings (SSSR count). The van der Waals surface area contributed by atoms with Crippen LogP contribution in [0, 0.1) is 6.92 Å². The highest BCUT2D eigenvalue weighted by Gasteiger charge is 2.43. The topological polar surface area (TPSA) is 62.2 Å². The molecule has 6 heteroatoms. The SMILES string of the molecule is CCOc1ccc([C@H](O)CN2CCC3(CC2)C[C@H](O)c2cc(Cl)c(C)cc2O3)cc1. The first-order valence-corrected chi connectivity index (χ1v) is 11.1. The molecule has 1 fully saturated rings. The van der Waals surface area contributed by atoms with Crippen LogP contribution in [-0.4, -0.2) is 47.0 Å². The maximum atomic E-state index is 10.7. The van der Waals surface area contributed by atoms with Gasteiger partial charge in [-0.1, -0.05) is 23.7 Å². The molecule has 0 radical (unpaired) electrons. The van der Waals surface area contributed by atoms with Crippen molar-refractivity contribution >= 4 is 11.6 Å². The highest BCUT2D eigenvalue weighted by molar-refractivity contribution is 6.31. The van der Waals surface area contributed by atoms with Crippen molar-refractivity contribution in [3.8, 4) is 11.5 Å². The first-order valence-electron chi connectivity index (χ1n) is 10.7. The molecule has 2 N–H and O–H groups in total. The first kappa shape index (κ1) is 21.4. The molecule has 5 nitrogen and oxygen atoms in total. The Morgan fingerprint density at radius 1 is 1.23 bits per heavy atom. The van der Waals surface area contributed by atoms with E-state index in [4.69, 9.17) is 21.1 Å². The van der Waals surface area contributed by atoms with Crippen LogP contribution in [0.5, 0.6) is 11.5 Å². The summed E-state index contributed by atoms with van der Waals surface area (Å²) in [5.41, 5.74) is 2.28. The van der Waals surface area contributed by atoms with Gasteiger partial charge in [-0.15, -0.1) is 0 Å². The Morgan fingerprint density at radius 3 is 2.60 bits per heavy atom. The fourth-order valence-electron chi connectivity index (χ4n) is 4.51. The van der Waals surface area contributed by atoms with E-state index < -0.39 is 12.2 Å². The molecule has 2 heterocycles. The number of rotatable bonds is 5. The summed E-state index contributed by atoms with van der Waals surface area (Å²) in [5.74, 6) is 1.57. The van der Waals surface area contributed by atoms with Crippen molar-refractivity contribution < 1.29 is 19.7 Å². The monoisotopic (exact) mass is 431 g/mol. The number of ether oxygens (including phenoxy) is 2. The summed E-state index contributed by atoms with van der Waals surface area (Å²) in [6, 6.07) is 11.4. The second-order valence-corrected chi connectivity index (χ2v) is 8.87. The predicted octanol–water partition coefficient (Wildman–Crippen LogP) is 4.43. The lowest BCUT2D eigenvalue weighted by Gasteiger charge is -2.46. The highest BCUT2D eigenvalue weighted by Crippen LogP contribution is 2.45. The Hall–Kier alpha value is -1.79. The zero-order valence-electron chi connectivity index (χ0n) is 17.6. The average Bonchev–Trinajstić information content (AvgIpc) is 2.72. The summed E-state index contributed by atoms with van der Waals surface area (Å²) in [7, 11) is 0. The second kappa shape index (κ2) is 8.75. The number of aliphatic hydroxyl groups excluding tert-OH is 2. The number of β-amino-alcohol motifs (C(OH)–C–C–N with tert-alkyl or cyclic N) is 1. The summed E-state index contributed by atoms with van der Waals surface area (Å²) < 4.78 is 11.9. The molecule has 0 amide bonds. The molecule has 2 atom stereocenters. The molecule has 0 saturated carbocycles. The van der Waals surface area contributed by atoms with Crippen LogP contribution in [0.25, 0.3) is 0 Å². The molecule has 2 aliphatic heterocycles. The Labute approximate surface area is 183 Å². The number of aliphatic hydroxyl groups is 2. The zero-order valence-corrected chi connectivity index (χ0v) is 18.4. The second-order valence-electron chi connectivity index (χ2n) is 8.46. The summed E-state index contributed by atoms with van der Waals surface area (Å²) >= 11 is 6.23. The minimum atomic E-state index is -0.562. The number of nitrogens with zero attached hydrogens (tertiary/aromatic N) is 1. The van der Waals surface area contributed by atoms with E-state index in [1.54, 1.807) is 0 Å². The van der Waals surface area contributed by atoms with E-state index in [0.29, 0.717) is 24.6 Å². The van der Waals surface area contributed by atoms with Crippen molar-refractivity contribution in [3.05, 3.63) is 58.1 Å². The molecular formula is C24H30ClNO4. The minimum Gasteiger partial charge on any atom is -0.494 e. The third kappa shape index (κ3) is 4.45. The molecule has 2 aromatic rings. The van der Waals surface area contributed by atoms with Gasteiger partial charge in [0.15, 0.2) is 0 Å². The number of hydrogen-bond acceptors (Lipinski definition) is 5. The van der Waals surface area contributed by atoms with Gasteiger partial charge in [-0.2, -0.15) is 0 Å². The first-order chi connectivity index (χ1) is 14.4. The Bertz CT molecular complexity index is 878. The number of hydrogen-bond donors (Lipinski definition) is 2. The van der Waals surface area contributed by atoms with Gasteiger partial charge in [0.25, 0.3) is 0 Å². The van der Waals surface area contributed by atoms with Crippen LogP contribution in [0.2, 0.25) is 5.02 Å². The molecule has 162 valence electrons. The van der Waals surface area contributed by atoms with Crippen molar-refractivity contribution in [2.24, 2.45) is 0 Å². The Balaban J connectivity index is 1.37. The minimum absolute atomic E-state index is 0.354. The van der Waals surface area contributed by atoms with Crippen LogP contribution in [0.3, 0.4) is 0 Å². The fourth-order valence-corrected chi connectivity index (χ4v) is 4.68. The van der Waals surface area contributed by atoms with Crippen molar-refractivity contribution in [1.82, 2.24) is 4.90 Å². The zero-order chi connectivity index (χ0) is 21.3. The standard InChI is InChI=1S/C24H30ClNO4/c1-3-29-18-6-4-17(5-7-18)22(28)15-26-10-8-24(9-11-26)14-21(27)19-13-20(25)16(2)12-23(19)30-24/h4-7,12-13,21-22,27-28H,3,8-11,14-15H2,1-2H3/t21-,22+/m0/s1. The Morgan fingerprint density at radius 2 is 1.93 bits per heavy atom. The summed E-state index contributed by atoms with van der Waals surface area (Å²) in [4.78, 5) is 2.27. The van der Waals surface area contributed by atoms with E-state index in [1.807, 2.05) is 50.2 Å². The van der Waals surface area contributed by atoms with Crippen LogP contribution in [-0.2, 0) is 0 Å². The molecule has 2 aliphatic rings. The number of benzene rings is 2. The largest absolute Gasteiger partial charge is 0.494 e. The third-order valence-corrected chi connectivity index (χ3v) is 6.72. The van der Waals surface area contributed by atoms with Gasteiger partial charge >= 0.3 is 0 Å². The van der Waals surface area contributed by atoms with Gasteiger partial charge in [-0.3, -0.25) is 0 Å². The van der Waals surface area contributed by atoms with Gasteiger partial charge < -0.3 is 24.6 Å². The quantitative estimate of drug-likeness (QED) is 0.733. The van der Waals surface area contributed by atoms with Crippen molar-refractivity contribution in [2.45, 2.75) is 50.9 Å². The molecule has 0 unspecified atom stereocenters. The molecular weight excluding hydrogens is 402 g/mol. The average molecular weight is 432 g/mol. The molecule has 0 aromatic heterocycles. The molecule has 2 aromatic carbocycles. The number of halogens is 1. The Kier molecular flexibility index (Phi) is 6.26. The van der Waals surface area contributed by atoms with Gasteiger partial charge in [0, 0.05) is 36.6 Å². The lowest BCUT2D eigenvalue weighted by atomic mass is 9.81. The smallest absolute Gasteiger partial charge is 0.126 e. The number of piperidine rings is 1.